The van der Waals surface area contributed by atoms with Gasteiger partial charge in [-0.05, 0) is 23.6 Å². The fourth-order valence-electron chi connectivity index (χ4n) is 1.54. The average Bonchev–Trinajstić information content (AvgIpc) is 2.71. The Morgan fingerprint density at radius 1 is 1.38 bits per heavy atom. The number of allylic oxidation sites excluding steroid dienone is 1. The molecule has 1 aromatic rings. The van der Waals surface area contributed by atoms with Crippen LogP contribution in [0.1, 0.15) is 24.1 Å². The lowest BCUT2D eigenvalue weighted by Crippen LogP contribution is -1.90. The summed E-state index contributed by atoms with van der Waals surface area (Å²) in [5.41, 5.74) is 2.68. The van der Waals surface area contributed by atoms with Crippen LogP contribution in [-0.2, 0) is 6.42 Å². The molecule has 13 heavy (non-hydrogen) atoms. The SMILES string of the molecule is CCc1cccc(C2C=CC=N2)c1. The predicted molar refractivity (Wildman–Crippen MR) is 56.2 cm³/mol. The van der Waals surface area contributed by atoms with E-state index in [0.717, 1.165) is 6.42 Å². The van der Waals surface area contributed by atoms with Crippen molar-refractivity contribution in [2.75, 3.05) is 0 Å². The first-order chi connectivity index (χ1) is 6.40. The first-order valence-electron chi connectivity index (χ1n) is 4.69. The average molecular weight is 171 g/mol. The van der Waals surface area contributed by atoms with Crippen molar-refractivity contribution < 1.29 is 0 Å². The maximum Gasteiger partial charge on any atom is 0.0933 e. The van der Waals surface area contributed by atoms with Gasteiger partial charge in [0.05, 0.1) is 6.04 Å². The maximum atomic E-state index is 4.35. The molecule has 0 aromatic heterocycles. The van der Waals surface area contributed by atoms with Crippen LogP contribution in [0.4, 0.5) is 0 Å². The summed E-state index contributed by atoms with van der Waals surface area (Å²) >= 11 is 0. The molecule has 1 heteroatoms. The second-order valence-corrected chi connectivity index (χ2v) is 3.23. The first kappa shape index (κ1) is 8.24. The molecule has 1 nitrogen and oxygen atoms in total. The summed E-state index contributed by atoms with van der Waals surface area (Å²) < 4.78 is 0. The second kappa shape index (κ2) is 3.56. The van der Waals surface area contributed by atoms with Crippen molar-refractivity contribution in [1.29, 1.82) is 0 Å². The summed E-state index contributed by atoms with van der Waals surface area (Å²) in [4.78, 5) is 4.35. The molecule has 1 aliphatic rings. The van der Waals surface area contributed by atoms with E-state index in [1.54, 1.807) is 0 Å². The number of hydrogen-bond donors (Lipinski definition) is 0. The van der Waals surface area contributed by atoms with Gasteiger partial charge in [-0.25, -0.2) is 0 Å². The van der Waals surface area contributed by atoms with Crippen LogP contribution in [0.15, 0.2) is 41.4 Å². The van der Waals surface area contributed by atoms with Gasteiger partial charge in [-0.1, -0.05) is 37.3 Å². The summed E-state index contributed by atoms with van der Waals surface area (Å²) in [7, 11) is 0. The third kappa shape index (κ3) is 1.69. The minimum absolute atomic E-state index is 0.256. The van der Waals surface area contributed by atoms with Crippen LogP contribution in [-0.4, -0.2) is 6.21 Å². The van der Waals surface area contributed by atoms with Gasteiger partial charge in [0.25, 0.3) is 0 Å². The zero-order chi connectivity index (χ0) is 9.10. The van der Waals surface area contributed by atoms with Crippen molar-refractivity contribution in [3.8, 4) is 0 Å². The number of hydrogen-bond acceptors (Lipinski definition) is 1. The van der Waals surface area contributed by atoms with Crippen molar-refractivity contribution >= 4 is 6.21 Å². The molecular formula is C12H13N. The lowest BCUT2D eigenvalue weighted by atomic mass is 10.0. The number of rotatable bonds is 2. The van der Waals surface area contributed by atoms with Gasteiger partial charge in [0, 0.05) is 6.21 Å². The number of aryl methyl sites for hydroxylation is 1. The minimum Gasteiger partial charge on any atom is -0.281 e. The normalized spacial score (nSPS) is 19.6. The molecule has 0 N–H and O–H groups in total. The highest BCUT2D eigenvalue weighted by Gasteiger charge is 2.07. The molecule has 0 fully saturated rings. The van der Waals surface area contributed by atoms with Crippen LogP contribution in [0, 0.1) is 0 Å². The molecule has 0 saturated carbocycles. The Morgan fingerprint density at radius 3 is 3.00 bits per heavy atom. The van der Waals surface area contributed by atoms with Gasteiger partial charge in [0.2, 0.25) is 0 Å². The molecule has 0 amide bonds. The highest BCUT2D eigenvalue weighted by atomic mass is 14.8. The second-order valence-electron chi connectivity index (χ2n) is 3.23. The predicted octanol–water partition coefficient (Wildman–Crippen LogP) is 2.93. The van der Waals surface area contributed by atoms with Crippen LogP contribution >= 0.6 is 0 Å². The molecule has 0 aliphatic carbocycles. The molecule has 0 spiro atoms. The summed E-state index contributed by atoms with van der Waals surface area (Å²) in [6, 6.07) is 8.89. The highest BCUT2D eigenvalue weighted by molar-refractivity contribution is 5.74. The van der Waals surface area contributed by atoms with Crippen LogP contribution in [0.5, 0.6) is 0 Å². The van der Waals surface area contributed by atoms with E-state index in [2.05, 4.69) is 42.3 Å². The third-order valence-electron chi connectivity index (χ3n) is 2.33. The van der Waals surface area contributed by atoms with E-state index in [1.165, 1.54) is 11.1 Å². The van der Waals surface area contributed by atoms with Crippen LogP contribution in [0.2, 0.25) is 0 Å². The van der Waals surface area contributed by atoms with Gasteiger partial charge in [-0.15, -0.1) is 0 Å². The molecule has 1 unspecified atom stereocenters. The summed E-state index contributed by atoms with van der Waals surface area (Å²) in [5.74, 6) is 0. The van der Waals surface area contributed by atoms with Crippen molar-refractivity contribution in [2.24, 2.45) is 4.99 Å². The molecule has 1 heterocycles. The molecule has 0 radical (unpaired) electrons. The Bertz CT molecular complexity index is 338. The summed E-state index contributed by atoms with van der Waals surface area (Å²) in [5, 5.41) is 0. The summed E-state index contributed by atoms with van der Waals surface area (Å²) in [6.45, 7) is 2.17. The number of aliphatic imine (C=N–C) groups is 1. The van der Waals surface area contributed by atoms with Gasteiger partial charge in [0.15, 0.2) is 0 Å². The van der Waals surface area contributed by atoms with E-state index in [-0.39, 0.29) is 6.04 Å². The highest BCUT2D eigenvalue weighted by Crippen LogP contribution is 2.22. The van der Waals surface area contributed by atoms with Gasteiger partial charge < -0.3 is 0 Å². The smallest absolute Gasteiger partial charge is 0.0933 e. The molecule has 0 saturated heterocycles. The van der Waals surface area contributed by atoms with E-state index >= 15 is 0 Å². The lowest BCUT2D eigenvalue weighted by Gasteiger charge is -2.06. The van der Waals surface area contributed by atoms with Crippen molar-refractivity contribution in [1.82, 2.24) is 0 Å². The quantitative estimate of drug-likeness (QED) is 0.648. The molecule has 0 bridgehead atoms. The molecule has 1 aliphatic heterocycles. The van der Waals surface area contributed by atoms with E-state index in [1.807, 2.05) is 12.3 Å². The first-order valence-corrected chi connectivity index (χ1v) is 4.69. The topological polar surface area (TPSA) is 12.4 Å². The number of nitrogens with zero attached hydrogens (tertiary/aromatic N) is 1. The van der Waals surface area contributed by atoms with Crippen LogP contribution in [0.25, 0.3) is 0 Å². The Labute approximate surface area is 78.8 Å². The van der Waals surface area contributed by atoms with E-state index in [0.29, 0.717) is 0 Å². The molecule has 66 valence electrons. The number of benzene rings is 1. The van der Waals surface area contributed by atoms with Gasteiger partial charge in [-0.3, -0.25) is 4.99 Å². The van der Waals surface area contributed by atoms with Crippen molar-refractivity contribution in [2.45, 2.75) is 19.4 Å². The zero-order valence-corrected chi connectivity index (χ0v) is 7.77. The molecule has 1 atom stereocenters. The Balaban J connectivity index is 2.29. The van der Waals surface area contributed by atoms with Crippen molar-refractivity contribution in [3.05, 3.63) is 47.5 Å². The Kier molecular flexibility index (Phi) is 2.26. The van der Waals surface area contributed by atoms with E-state index in [4.69, 9.17) is 0 Å². The largest absolute Gasteiger partial charge is 0.281 e. The standard InChI is InChI=1S/C12H13N/c1-2-10-5-3-6-11(9-10)12-7-4-8-13-12/h3-9,12H,2H2,1H3. The van der Waals surface area contributed by atoms with Gasteiger partial charge >= 0.3 is 0 Å². The van der Waals surface area contributed by atoms with Crippen LogP contribution in [0.3, 0.4) is 0 Å². The maximum absolute atomic E-state index is 4.35. The van der Waals surface area contributed by atoms with Crippen molar-refractivity contribution in [3.63, 3.8) is 0 Å². The third-order valence-corrected chi connectivity index (χ3v) is 2.33. The molecular weight excluding hydrogens is 158 g/mol. The van der Waals surface area contributed by atoms with Gasteiger partial charge in [0.1, 0.15) is 0 Å². The fraction of sp³-hybridized carbons (Fsp3) is 0.250. The Hall–Kier alpha value is -1.37. The minimum atomic E-state index is 0.256. The van der Waals surface area contributed by atoms with Gasteiger partial charge in [-0.2, -0.15) is 0 Å². The van der Waals surface area contributed by atoms with Crippen LogP contribution < -0.4 is 0 Å². The fourth-order valence-corrected chi connectivity index (χ4v) is 1.54. The Morgan fingerprint density at radius 2 is 2.31 bits per heavy atom. The monoisotopic (exact) mass is 171 g/mol. The zero-order valence-electron chi connectivity index (χ0n) is 7.77. The summed E-state index contributed by atoms with van der Waals surface area (Å²) in [6.07, 6.45) is 7.08. The lowest BCUT2D eigenvalue weighted by molar-refractivity contribution is 0.929. The molecule has 1 aromatic carbocycles. The van der Waals surface area contributed by atoms with E-state index < -0.39 is 0 Å². The molecule has 2 rings (SSSR count). The van der Waals surface area contributed by atoms with E-state index in [9.17, 15) is 0 Å².